The fourth-order valence-electron chi connectivity index (χ4n) is 4.96. The Balaban J connectivity index is 1.61. The number of rotatable bonds is 0. The first kappa shape index (κ1) is 15.5. The molecule has 0 bridgehead atoms. The van der Waals surface area contributed by atoms with E-state index in [0.717, 1.165) is 71.3 Å². The number of pyridine rings is 2. The third kappa shape index (κ3) is 1.82. The summed E-state index contributed by atoms with van der Waals surface area (Å²) in [5, 5.41) is 6.32. The third-order valence-electron chi connectivity index (χ3n) is 6.30. The molecular weight excluding hydrogens is 386 g/mol. The second-order valence-electron chi connectivity index (χ2n) is 7.90. The first-order valence-electron chi connectivity index (χ1n) is 10.2. The second-order valence-corrected chi connectivity index (χ2v) is 7.90. The van der Waals surface area contributed by atoms with Crippen LogP contribution in [-0.4, -0.2) is 14.4 Å². The number of aromatic nitrogens is 3. The summed E-state index contributed by atoms with van der Waals surface area (Å²) in [5.74, 6) is 0. The standard InChI is InChI=1S/C26H13N3O2/c1-2-6-20-14(4-1)18-12-22-19(13-21(18)30-20)15-7-8-16-23-17(5-3-9-27-23)26-28-10-11-29(26)24(16)25(15)31-22/h1-13H. The van der Waals surface area contributed by atoms with Crippen molar-refractivity contribution in [2.24, 2.45) is 0 Å². The van der Waals surface area contributed by atoms with Crippen LogP contribution < -0.4 is 0 Å². The Morgan fingerprint density at radius 3 is 2.39 bits per heavy atom. The first-order chi connectivity index (χ1) is 15.4. The van der Waals surface area contributed by atoms with Gasteiger partial charge in [0.2, 0.25) is 0 Å². The maximum Gasteiger partial charge on any atom is 0.160 e. The summed E-state index contributed by atoms with van der Waals surface area (Å²) < 4.78 is 14.7. The van der Waals surface area contributed by atoms with Gasteiger partial charge in [0.15, 0.2) is 5.58 Å². The van der Waals surface area contributed by atoms with Gasteiger partial charge in [-0.2, -0.15) is 0 Å². The lowest BCUT2D eigenvalue weighted by molar-refractivity contribution is 0.665. The van der Waals surface area contributed by atoms with E-state index in [1.54, 1.807) is 0 Å². The maximum absolute atomic E-state index is 6.50. The van der Waals surface area contributed by atoms with Crippen molar-refractivity contribution in [1.82, 2.24) is 14.4 Å². The molecule has 0 radical (unpaired) electrons. The van der Waals surface area contributed by atoms with Gasteiger partial charge in [0.1, 0.15) is 27.9 Å². The van der Waals surface area contributed by atoms with Crippen LogP contribution in [0.2, 0.25) is 0 Å². The molecular formula is C26H13N3O2. The van der Waals surface area contributed by atoms with E-state index in [-0.39, 0.29) is 0 Å². The van der Waals surface area contributed by atoms with Crippen molar-refractivity contribution in [2.45, 2.75) is 0 Å². The smallest absolute Gasteiger partial charge is 0.160 e. The predicted octanol–water partition coefficient (Wildman–Crippen LogP) is 6.83. The molecule has 0 saturated heterocycles. The lowest BCUT2D eigenvalue weighted by atomic mass is 10.1. The minimum Gasteiger partial charge on any atom is -0.456 e. The number of furan rings is 2. The van der Waals surface area contributed by atoms with Crippen LogP contribution in [0.3, 0.4) is 0 Å². The van der Waals surface area contributed by atoms with Crippen LogP contribution in [0.1, 0.15) is 0 Å². The van der Waals surface area contributed by atoms with E-state index in [2.05, 4.69) is 50.8 Å². The lowest BCUT2D eigenvalue weighted by Gasteiger charge is -2.07. The molecule has 3 aromatic carbocycles. The van der Waals surface area contributed by atoms with Crippen LogP contribution >= 0.6 is 0 Å². The normalized spacial score (nSPS) is 12.5. The zero-order valence-corrected chi connectivity index (χ0v) is 16.2. The first-order valence-corrected chi connectivity index (χ1v) is 10.2. The molecule has 5 nitrogen and oxygen atoms in total. The van der Waals surface area contributed by atoms with Crippen molar-refractivity contribution in [3.63, 3.8) is 0 Å². The number of hydrogen-bond acceptors (Lipinski definition) is 4. The molecule has 5 aromatic heterocycles. The Kier molecular flexibility index (Phi) is 2.60. The molecule has 0 atom stereocenters. The van der Waals surface area contributed by atoms with Crippen LogP contribution in [0, 0.1) is 0 Å². The number of benzene rings is 3. The van der Waals surface area contributed by atoms with Crippen molar-refractivity contribution >= 4 is 71.3 Å². The van der Waals surface area contributed by atoms with E-state index in [1.807, 2.05) is 42.9 Å². The van der Waals surface area contributed by atoms with Gasteiger partial charge < -0.3 is 8.83 Å². The van der Waals surface area contributed by atoms with Gasteiger partial charge in [-0.25, -0.2) is 4.98 Å². The predicted molar refractivity (Wildman–Crippen MR) is 123 cm³/mol. The molecule has 8 rings (SSSR count). The van der Waals surface area contributed by atoms with Crippen molar-refractivity contribution < 1.29 is 8.83 Å². The summed E-state index contributed by atoms with van der Waals surface area (Å²) in [7, 11) is 0. The van der Waals surface area contributed by atoms with Gasteiger partial charge in [0, 0.05) is 50.9 Å². The summed E-state index contributed by atoms with van der Waals surface area (Å²) in [6.07, 6.45) is 5.63. The summed E-state index contributed by atoms with van der Waals surface area (Å²) in [6, 6.07) is 20.5. The highest BCUT2D eigenvalue weighted by Gasteiger charge is 2.18. The zero-order valence-electron chi connectivity index (χ0n) is 16.2. The van der Waals surface area contributed by atoms with Gasteiger partial charge in [0.25, 0.3) is 0 Å². The highest BCUT2D eigenvalue weighted by molar-refractivity contribution is 6.22. The molecule has 0 aliphatic rings. The average molecular weight is 399 g/mol. The van der Waals surface area contributed by atoms with Gasteiger partial charge in [-0.15, -0.1) is 0 Å². The fourth-order valence-corrected chi connectivity index (χ4v) is 4.96. The topological polar surface area (TPSA) is 56.5 Å². The Morgan fingerprint density at radius 1 is 0.613 bits per heavy atom. The molecule has 0 saturated carbocycles. The molecule has 0 aliphatic heterocycles. The number of nitrogens with zero attached hydrogens (tertiary/aromatic N) is 3. The van der Waals surface area contributed by atoms with E-state index < -0.39 is 0 Å². The molecule has 144 valence electrons. The number of fused-ring (bicyclic) bond motifs is 13. The van der Waals surface area contributed by atoms with E-state index in [4.69, 9.17) is 8.83 Å². The van der Waals surface area contributed by atoms with Crippen LogP contribution in [0.4, 0.5) is 0 Å². The summed E-state index contributed by atoms with van der Waals surface area (Å²) in [6.45, 7) is 0. The summed E-state index contributed by atoms with van der Waals surface area (Å²) in [5.41, 5.74) is 6.22. The van der Waals surface area contributed by atoms with Gasteiger partial charge in [0.05, 0.1) is 5.52 Å². The second kappa shape index (κ2) is 5.21. The average Bonchev–Trinajstić information content (AvgIpc) is 3.52. The monoisotopic (exact) mass is 399 g/mol. The highest BCUT2D eigenvalue weighted by Crippen LogP contribution is 2.40. The molecule has 0 spiro atoms. The molecule has 0 N–H and O–H groups in total. The van der Waals surface area contributed by atoms with Crippen molar-refractivity contribution in [3.05, 3.63) is 79.3 Å². The minimum absolute atomic E-state index is 0.833. The fraction of sp³-hybridized carbons (Fsp3) is 0. The summed E-state index contributed by atoms with van der Waals surface area (Å²) in [4.78, 5) is 9.26. The lowest BCUT2D eigenvalue weighted by Crippen LogP contribution is -1.92. The van der Waals surface area contributed by atoms with Crippen LogP contribution in [0.5, 0.6) is 0 Å². The maximum atomic E-state index is 6.50. The Hall–Kier alpha value is -4.38. The molecule has 0 aliphatic carbocycles. The molecule has 8 aromatic rings. The molecule has 31 heavy (non-hydrogen) atoms. The zero-order chi connectivity index (χ0) is 20.1. The number of imidazole rings is 1. The molecule has 0 unspecified atom stereocenters. The SMILES string of the molecule is c1ccc2c(c1)oc1cc3c(cc12)oc1c3ccc2c3ncccc3c3nccn3c21. The van der Waals surface area contributed by atoms with E-state index in [0.29, 0.717) is 0 Å². The number of hydrogen-bond donors (Lipinski definition) is 0. The van der Waals surface area contributed by atoms with Gasteiger partial charge in [-0.1, -0.05) is 18.2 Å². The molecule has 0 amide bonds. The van der Waals surface area contributed by atoms with Crippen molar-refractivity contribution in [2.75, 3.05) is 0 Å². The van der Waals surface area contributed by atoms with Crippen molar-refractivity contribution in [3.8, 4) is 0 Å². The molecule has 0 fully saturated rings. The Labute approximate surface area is 174 Å². The molecule has 5 heterocycles. The molecule has 5 heteroatoms. The Bertz CT molecular complexity index is 2010. The van der Waals surface area contributed by atoms with Crippen LogP contribution in [0.15, 0.2) is 88.1 Å². The minimum atomic E-state index is 0.833. The van der Waals surface area contributed by atoms with Crippen molar-refractivity contribution in [1.29, 1.82) is 0 Å². The van der Waals surface area contributed by atoms with E-state index in [1.165, 1.54) is 0 Å². The summed E-state index contributed by atoms with van der Waals surface area (Å²) >= 11 is 0. The van der Waals surface area contributed by atoms with Gasteiger partial charge in [-0.3, -0.25) is 9.38 Å². The van der Waals surface area contributed by atoms with Gasteiger partial charge >= 0.3 is 0 Å². The third-order valence-corrected chi connectivity index (χ3v) is 6.30. The quantitative estimate of drug-likeness (QED) is 0.262. The van der Waals surface area contributed by atoms with Gasteiger partial charge in [-0.05, 0) is 42.5 Å². The number of para-hydroxylation sites is 1. The largest absolute Gasteiger partial charge is 0.456 e. The highest BCUT2D eigenvalue weighted by atomic mass is 16.3. The van der Waals surface area contributed by atoms with E-state index >= 15 is 0 Å². The van der Waals surface area contributed by atoms with E-state index in [9.17, 15) is 0 Å². The Morgan fingerprint density at radius 2 is 1.42 bits per heavy atom. The van der Waals surface area contributed by atoms with Crippen LogP contribution in [0.25, 0.3) is 71.3 Å². The van der Waals surface area contributed by atoms with Crippen LogP contribution in [-0.2, 0) is 0 Å².